The van der Waals surface area contributed by atoms with Gasteiger partial charge in [-0.2, -0.15) is 0 Å². The summed E-state index contributed by atoms with van der Waals surface area (Å²) in [7, 11) is 0. The number of hydrogen-bond donors (Lipinski definition) is 0. The van der Waals surface area contributed by atoms with E-state index in [9.17, 15) is 0 Å². The Hall–Kier alpha value is -1.02. The second kappa shape index (κ2) is 7.12. The number of rotatable bonds is 9. The molecule has 0 spiro atoms. The van der Waals surface area contributed by atoms with Crippen molar-refractivity contribution in [1.82, 2.24) is 0 Å². The molecule has 1 aromatic carbocycles. The van der Waals surface area contributed by atoms with E-state index in [1.807, 2.05) is 6.07 Å². The minimum atomic E-state index is 0.326. The zero-order valence-corrected chi connectivity index (χ0v) is 13.2. The molecule has 0 saturated carbocycles. The molecule has 0 bridgehead atoms. The van der Waals surface area contributed by atoms with Crippen LogP contribution in [0.1, 0.15) is 52.0 Å². The summed E-state index contributed by atoms with van der Waals surface area (Å²) in [6.45, 7) is 8.57. The third-order valence-electron chi connectivity index (χ3n) is 4.03. The maximum absolute atomic E-state index is 5.87. The quantitative estimate of drug-likeness (QED) is 0.614. The van der Waals surface area contributed by atoms with Crippen molar-refractivity contribution in [3.05, 3.63) is 29.8 Å². The molecule has 1 aromatic rings. The van der Waals surface area contributed by atoms with Gasteiger partial charge < -0.3 is 9.47 Å². The zero-order valence-electron chi connectivity index (χ0n) is 13.2. The number of para-hydroxylation sites is 1. The zero-order chi connectivity index (χ0) is 14.4. The molecule has 0 N–H and O–H groups in total. The molecule has 0 amide bonds. The normalized spacial score (nSPS) is 18.1. The summed E-state index contributed by atoms with van der Waals surface area (Å²) in [6.07, 6.45) is 6.52. The predicted molar refractivity (Wildman–Crippen MR) is 83.3 cm³/mol. The average molecular weight is 276 g/mol. The van der Waals surface area contributed by atoms with E-state index in [4.69, 9.17) is 9.47 Å². The molecule has 1 atom stereocenters. The highest BCUT2D eigenvalue weighted by Gasteiger charge is 2.23. The molecule has 0 radical (unpaired) electrons. The van der Waals surface area contributed by atoms with Gasteiger partial charge >= 0.3 is 0 Å². The second-order valence-corrected chi connectivity index (χ2v) is 6.64. The Morgan fingerprint density at radius 3 is 2.70 bits per heavy atom. The van der Waals surface area contributed by atoms with Crippen LogP contribution in [0.2, 0.25) is 0 Å². The van der Waals surface area contributed by atoms with Crippen LogP contribution in [-0.4, -0.2) is 19.3 Å². The van der Waals surface area contributed by atoms with Crippen LogP contribution in [0.5, 0.6) is 5.75 Å². The Labute approximate surface area is 123 Å². The Morgan fingerprint density at radius 2 is 2.00 bits per heavy atom. The van der Waals surface area contributed by atoms with Gasteiger partial charge in [0.05, 0.1) is 6.61 Å². The van der Waals surface area contributed by atoms with Crippen molar-refractivity contribution in [3.8, 4) is 5.75 Å². The lowest BCUT2D eigenvalue weighted by molar-refractivity contribution is 0.259. The summed E-state index contributed by atoms with van der Waals surface area (Å²) in [4.78, 5) is 0. The van der Waals surface area contributed by atoms with Gasteiger partial charge in [0.2, 0.25) is 0 Å². The van der Waals surface area contributed by atoms with Gasteiger partial charge in [0.25, 0.3) is 0 Å². The summed E-state index contributed by atoms with van der Waals surface area (Å²) >= 11 is 0. The average Bonchev–Trinajstić information content (AvgIpc) is 3.21. The van der Waals surface area contributed by atoms with Crippen molar-refractivity contribution in [2.24, 2.45) is 5.41 Å². The SMILES string of the molecule is CCCC(C)(C)CCCc1ccccc1OCC1CO1. The number of ether oxygens (including phenoxy) is 2. The van der Waals surface area contributed by atoms with Crippen molar-refractivity contribution >= 4 is 0 Å². The number of benzene rings is 1. The fourth-order valence-electron chi connectivity index (χ4n) is 2.76. The molecule has 0 aromatic heterocycles. The Morgan fingerprint density at radius 1 is 1.25 bits per heavy atom. The largest absolute Gasteiger partial charge is 0.491 e. The third kappa shape index (κ3) is 5.16. The molecule has 112 valence electrons. The van der Waals surface area contributed by atoms with Gasteiger partial charge in [0, 0.05) is 0 Å². The molecule has 1 unspecified atom stereocenters. The molecule has 1 saturated heterocycles. The first-order valence-electron chi connectivity index (χ1n) is 7.93. The van der Waals surface area contributed by atoms with Gasteiger partial charge in [-0.3, -0.25) is 0 Å². The van der Waals surface area contributed by atoms with E-state index in [1.165, 1.54) is 31.2 Å². The fourth-order valence-corrected chi connectivity index (χ4v) is 2.76. The fraction of sp³-hybridized carbons (Fsp3) is 0.667. The molecular weight excluding hydrogens is 248 g/mol. The Kier molecular flexibility index (Phi) is 5.47. The van der Waals surface area contributed by atoms with Gasteiger partial charge in [-0.15, -0.1) is 0 Å². The van der Waals surface area contributed by atoms with Gasteiger partial charge in [0.15, 0.2) is 0 Å². The van der Waals surface area contributed by atoms with E-state index in [2.05, 4.69) is 39.0 Å². The van der Waals surface area contributed by atoms with E-state index in [0.29, 0.717) is 18.1 Å². The maximum atomic E-state index is 5.87. The lowest BCUT2D eigenvalue weighted by Crippen LogP contribution is -2.11. The van der Waals surface area contributed by atoms with Crippen LogP contribution in [0.15, 0.2) is 24.3 Å². The highest BCUT2D eigenvalue weighted by molar-refractivity contribution is 5.33. The summed E-state index contributed by atoms with van der Waals surface area (Å²) in [5, 5.41) is 0. The smallest absolute Gasteiger partial charge is 0.122 e. The highest BCUT2D eigenvalue weighted by Crippen LogP contribution is 2.30. The van der Waals surface area contributed by atoms with Crippen LogP contribution in [-0.2, 0) is 11.2 Å². The van der Waals surface area contributed by atoms with Gasteiger partial charge in [-0.25, -0.2) is 0 Å². The van der Waals surface area contributed by atoms with E-state index in [-0.39, 0.29) is 0 Å². The third-order valence-corrected chi connectivity index (χ3v) is 4.03. The van der Waals surface area contributed by atoms with Crippen molar-refractivity contribution in [1.29, 1.82) is 0 Å². The molecule has 0 aliphatic carbocycles. The molecule has 1 heterocycles. The van der Waals surface area contributed by atoms with Crippen LogP contribution in [0.3, 0.4) is 0 Å². The summed E-state index contributed by atoms with van der Waals surface area (Å²) in [5.74, 6) is 1.04. The van der Waals surface area contributed by atoms with E-state index < -0.39 is 0 Å². The van der Waals surface area contributed by atoms with Gasteiger partial charge in [0.1, 0.15) is 18.5 Å². The summed E-state index contributed by atoms with van der Waals surface area (Å²) < 4.78 is 11.1. The highest BCUT2D eigenvalue weighted by atomic mass is 16.6. The molecule has 20 heavy (non-hydrogen) atoms. The standard InChI is InChI=1S/C18H28O2/c1-4-11-18(2,3)12-7-9-15-8-5-6-10-17(15)20-14-16-13-19-16/h5-6,8,10,16H,4,7,9,11-14H2,1-3H3. The summed E-state index contributed by atoms with van der Waals surface area (Å²) in [6, 6.07) is 8.42. The van der Waals surface area contributed by atoms with Crippen LogP contribution in [0.4, 0.5) is 0 Å². The first-order valence-corrected chi connectivity index (χ1v) is 7.93. The number of epoxide rings is 1. The van der Waals surface area contributed by atoms with Crippen LogP contribution >= 0.6 is 0 Å². The first-order chi connectivity index (χ1) is 9.61. The van der Waals surface area contributed by atoms with Crippen molar-refractivity contribution < 1.29 is 9.47 Å². The van der Waals surface area contributed by atoms with E-state index in [0.717, 1.165) is 18.8 Å². The molecule has 1 aliphatic heterocycles. The molecule has 2 heteroatoms. The monoisotopic (exact) mass is 276 g/mol. The minimum absolute atomic E-state index is 0.326. The molecule has 2 rings (SSSR count). The second-order valence-electron chi connectivity index (χ2n) is 6.64. The number of aryl methyl sites for hydroxylation is 1. The molecule has 1 fully saturated rings. The number of hydrogen-bond acceptors (Lipinski definition) is 2. The topological polar surface area (TPSA) is 21.8 Å². The van der Waals surface area contributed by atoms with E-state index >= 15 is 0 Å². The van der Waals surface area contributed by atoms with Gasteiger partial charge in [-0.05, 0) is 42.7 Å². The van der Waals surface area contributed by atoms with Crippen molar-refractivity contribution in [2.45, 2.75) is 59.0 Å². The Balaban J connectivity index is 1.81. The van der Waals surface area contributed by atoms with E-state index in [1.54, 1.807) is 0 Å². The Bertz CT molecular complexity index is 408. The maximum Gasteiger partial charge on any atom is 0.122 e. The molecule has 2 nitrogen and oxygen atoms in total. The molecular formula is C18H28O2. The van der Waals surface area contributed by atoms with Crippen molar-refractivity contribution in [2.75, 3.05) is 13.2 Å². The lowest BCUT2D eigenvalue weighted by Gasteiger charge is -2.24. The van der Waals surface area contributed by atoms with Crippen LogP contribution in [0, 0.1) is 5.41 Å². The summed E-state index contributed by atoms with van der Waals surface area (Å²) in [5.41, 5.74) is 1.80. The first kappa shape index (κ1) is 15.4. The van der Waals surface area contributed by atoms with Crippen LogP contribution in [0.25, 0.3) is 0 Å². The predicted octanol–water partition coefficient (Wildman–Crippen LogP) is 4.61. The van der Waals surface area contributed by atoms with Crippen molar-refractivity contribution in [3.63, 3.8) is 0 Å². The minimum Gasteiger partial charge on any atom is -0.491 e. The molecule has 1 aliphatic rings. The lowest BCUT2D eigenvalue weighted by atomic mass is 9.82. The van der Waals surface area contributed by atoms with Gasteiger partial charge in [-0.1, -0.05) is 45.4 Å². The van der Waals surface area contributed by atoms with Crippen LogP contribution < -0.4 is 4.74 Å².